The van der Waals surface area contributed by atoms with Gasteiger partial charge in [-0.3, -0.25) is 14.6 Å². The molecule has 0 bridgehead atoms. The Bertz CT molecular complexity index is 271. The van der Waals surface area contributed by atoms with Crippen LogP contribution in [0.5, 0.6) is 0 Å². The quantitative estimate of drug-likeness (QED) is 0.728. The van der Waals surface area contributed by atoms with Crippen LogP contribution < -0.4 is 0 Å². The van der Waals surface area contributed by atoms with Gasteiger partial charge in [0.1, 0.15) is 0 Å². The van der Waals surface area contributed by atoms with Gasteiger partial charge in [0.25, 0.3) is 0 Å². The van der Waals surface area contributed by atoms with Crippen molar-refractivity contribution >= 4 is 17.5 Å². The van der Waals surface area contributed by atoms with Crippen molar-refractivity contribution in [3.8, 4) is 0 Å². The van der Waals surface area contributed by atoms with Gasteiger partial charge in [-0.25, -0.2) is 0 Å². The highest BCUT2D eigenvalue weighted by molar-refractivity contribution is 6.25. The lowest BCUT2D eigenvalue weighted by Gasteiger charge is -2.34. The van der Waals surface area contributed by atoms with Crippen molar-refractivity contribution in [2.24, 2.45) is 0 Å². The molecule has 0 saturated carbocycles. The number of hydrogen-bond donors (Lipinski definition) is 0. The van der Waals surface area contributed by atoms with E-state index in [2.05, 4.69) is 9.80 Å². The molecule has 1 saturated heterocycles. The lowest BCUT2D eigenvalue weighted by molar-refractivity contribution is -0.132. The summed E-state index contributed by atoms with van der Waals surface area (Å²) in [5.41, 5.74) is 1.57. The Labute approximate surface area is 115 Å². The minimum absolute atomic E-state index is 0.245. The van der Waals surface area contributed by atoms with Crippen LogP contribution in [0, 0.1) is 0 Å². The van der Waals surface area contributed by atoms with Gasteiger partial charge in [0.15, 0.2) is 0 Å². The first-order chi connectivity index (χ1) is 8.71. The minimum atomic E-state index is 0.245. The third kappa shape index (κ3) is 4.96. The molecule has 1 aliphatic rings. The van der Waals surface area contributed by atoms with Gasteiger partial charge < -0.3 is 4.90 Å². The van der Waals surface area contributed by atoms with Crippen molar-refractivity contribution in [3.63, 3.8) is 0 Å². The molecular weight excluding hydrogens is 250 g/mol. The van der Waals surface area contributed by atoms with Crippen molar-refractivity contribution in [1.29, 1.82) is 0 Å². The molecule has 0 unspecified atom stereocenters. The summed E-state index contributed by atoms with van der Waals surface area (Å²) in [7, 11) is 0. The fourth-order valence-corrected chi connectivity index (χ4v) is 2.27. The van der Waals surface area contributed by atoms with Gasteiger partial charge in [0.05, 0.1) is 6.54 Å². The van der Waals surface area contributed by atoms with Crippen LogP contribution in [0.4, 0.5) is 0 Å². The van der Waals surface area contributed by atoms with Gasteiger partial charge in [-0.1, -0.05) is 17.7 Å². The summed E-state index contributed by atoms with van der Waals surface area (Å²) in [6.07, 6.45) is 1.96. The normalized spacial score (nSPS) is 18.4. The molecule has 1 rings (SSSR count). The molecule has 0 atom stereocenters. The van der Waals surface area contributed by atoms with E-state index in [0.717, 1.165) is 45.8 Å². The summed E-state index contributed by atoms with van der Waals surface area (Å²) < 4.78 is 0. The Kier molecular flexibility index (Phi) is 7.32. The first-order valence-electron chi connectivity index (χ1n) is 6.69. The third-order valence-electron chi connectivity index (χ3n) is 3.39. The molecule has 0 radical (unpaired) electrons. The third-order valence-corrected chi connectivity index (χ3v) is 3.57. The minimum Gasteiger partial charge on any atom is -0.342 e. The standard InChI is InChI=1S/C13H24ClN3O/c1-3-17(4-2)13(18)12-16-10-8-15(9-11-16)7-5-6-14/h5-6H,3-4,7-12H2,1-2H3/b6-5+. The van der Waals surface area contributed by atoms with Crippen molar-refractivity contribution in [2.75, 3.05) is 52.4 Å². The first kappa shape index (κ1) is 15.5. The molecule has 1 amide bonds. The molecule has 5 heteroatoms. The van der Waals surface area contributed by atoms with Gasteiger partial charge in [-0.05, 0) is 13.8 Å². The van der Waals surface area contributed by atoms with Crippen molar-refractivity contribution < 1.29 is 4.79 Å². The average molecular weight is 274 g/mol. The summed E-state index contributed by atoms with van der Waals surface area (Å²) in [5, 5.41) is 0. The highest BCUT2D eigenvalue weighted by Gasteiger charge is 2.19. The Morgan fingerprint density at radius 3 is 2.22 bits per heavy atom. The summed E-state index contributed by atoms with van der Waals surface area (Å²) in [5.74, 6) is 0.245. The van der Waals surface area contributed by atoms with E-state index < -0.39 is 0 Å². The number of amides is 1. The molecule has 4 nitrogen and oxygen atoms in total. The van der Waals surface area contributed by atoms with Crippen LogP contribution in [0.1, 0.15) is 13.8 Å². The number of nitrogens with zero attached hydrogens (tertiary/aromatic N) is 3. The number of likely N-dealkylation sites (N-methyl/N-ethyl adjacent to an activating group) is 1. The average Bonchev–Trinajstić information content (AvgIpc) is 2.39. The lowest BCUT2D eigenvalue weighted by Crippen LogP contribution is -2.50. The number of piperazine rings is 1. The Morgan fingerprint density at radius 2 is 1.72 bits per heavy atom. The van der Waals surface area contributed by atoms with E-state index in [9.17, 15) is 4.79 Å². The van der Waals surface area contributed by atoms with Crippen LogP contribution in [0.3, 0.4) is 0 Å². The van der Waals surface area contributed by atoms with Gasteiger partial charge in [-0.15, -0.1) is 0 Å². The predicted octanol–water partition coefficient (Wildman–Crippen LogP) is 1.22. The number of carbonyl (C=O) groups is 1. The van der Waals surface area contributed by atoms with Gasteiger partial charge in [0, 0.05) is 51.3 Å². The topological polar surface area (TPSA) is 26.8 Å². The maximum Gasteiger partial charge on any atom is 0.236 e. The molecule has 0 aromatic heterocycles. The zero-order chi connectivity index (χ0) is 13.4. The van der Waals surface area contributed by atoms with E-state index in [1.807, 2.05) is 24.8 Å². The Morgan fingerprint density at radius 1 is 1.17 bits per heavy atom. The molecule has 1 heterocycles. The summed E-state index contributed by atoms with van der Waals surface area (Å²) in [4.78, 5) is 18.4. The van der Waals surface area contributed by atoms with Crippen LogP contribution in [-0.4, -0.2) is 73.0 Å². The van der Waals surface area contributed by atoms with Crippen LogP contribution >= 0.6 is 11.6 Å². The monoisotopic (exact) mass is 273 g/mol. The smallest absolute Gasteiger partial charge is 0.236 e. The lowest BCUT2D eigenvalue weighted by atomic mass is 10.3. The molecular formula is C13H24ClN3O. The first-order valence-corrected chi connectivity index (χ1v) is 7.12. The molecule has 18 heavy (non-hydrogen) atoms. The van der Waals surface area contributed by atoms with Crippen LogP contribution in [0.25, 0.3) is 0 Å². The van der Waals surface area contributed by atoms with Crippen molar-refractivity contribution in [3.05, 3.63) is 11.6 Å². The Balaban J connectivity index is 2.28. The number of carbonyl (C=O) groups excluding carboxylic acids is 1. The van der Waals surface area contributed by atoms with Crippen LogP contribution in [-0.2, 0) is 4.79 Å². The van der Waals surface area contributed by atoms with Gasteiger partial charge >= 0.3 is 0 Å². The molecule has 1 fully saturated rings. The summed E-state index contributed by atoms with van der Waals surface area (Å²) in [6.45, 7) is 11.1. The highest BCUT2D eigenvalue weighted by Crippen LogP contribution is 2.03. The fourth-order valence-electron chi connectivity index (χ4n) is 2.19. The summed E-state index contributed by atoms with van der Waals surface area (Å²) in [6, 6.07) is 0. The maximum atomic E-state index is 12.0. The second-order valence-electron chi connectivity index (χ2n) is 4.50. The maximum absolute atomic E-state index is 12.0. The summed E-state index contributed by atoms with van der Waals surface area (Å²) >= 11 is 5.52. The van der Waals surface area contributed by atoms with Gasteiger partial charge in [0.2, 0.25) is 5.91 Å². The number of rotatable bonds is 6. The predicted molar refractivity (Wildman–Crippen MR) is 75.8 cm³/mol. The molecule has 0 aromatic rings. The Hall–Kier alpha value is -0.580. The molecule has 0 spiro atoms. The van der Waals surface area contributed by atoms with E-state index >= 15 is 0 Å². The zero-order valence-electron chi connectivity index (χ0n) is 11.4. The van der Waals surface area contributed by atoms with E-state index in [4.69, 9.17) is 11.6 Å². The number of hydrogen-bond acceptors (Lipinski definition) is 3. The van der Waals surface area contributed by atoms with E-state index in [-0.39, 0.29) is 5.91 Å². The van der Waals surface area contributed by atoms with E-state index in [0.29, 0.717) is 6.54 Å². The van der Waals surface area contributed by atoms with E-state index in [1.54, 1.807) is 5.54 Å². The second-order valence-corrected chi connectivity index (χ2v) is 4.76. The van der Waals surface area contributed by atoms with Crippen LogP contribution in [0.2, 0.25) is 0 Å². The van der Waals surface area contributed by atoms with Crippen molar-refractivity contribution in [1.82, 2.24) is 14.7 Å². The van der Waals surface area contributed by atoms with Gasteiger partial charge in [-0.2, -0.15) is 0 Å². The van der Waals surface area contributed by atoms with Crippen molar-refractivity contribution in [2.45, 2.75) is 13.8 Å². The molecule has 0 N–H and O–H groups in total. The van der Waals surface area contributed by atoms with E-state index in [1.165, 1.54) is 0 Å². The fraction of sp³-hybridized carbons (Fsp3) is 0.769. The SMILES string of the molecule is CCN(CC)C(=O)CN1CCN(C/C=C/Cl)CC1. The molecule has 1 aliphatic heterocycles. The highest BCUT2D eigenvalue weighted by atomic mass is 35.5. The second kappa shape index (κ2) is 8.51. The largest absolute Gasteiger partial charge is 0.342 e. The zero-order valence-corrected chi connectivity index (χ0v) is 12.2. The number of halogens is 1. The molecule has 0 aliphatic carbocycles. The van der Waals surface area contributed by atoms with Crippen LogP contribution in [0.15, 0.2) is 11.6 Å². The molecule has 0 aromatic carbocycles. The molecule has 104 valence electrons.